The number of aryl methyl sites for hydroxylation is 1. The lowest BCUT2D eigenvalue weighted by atomic mass is 9.92. The van der Waals surface area contributed by atoms with Crippen LogP contribution in [0.3, 0.4) is 0 Å². The predicted octanol–water partition coefficient (Wildman–Crippen LogP) is 7.12. The molecule has 0 aromatic heterocycles. The highest BCUT2D eigenvalue weighted by Crippen LogP contribution is 2.51. The number of halogens is 9. The molecule has 1 aliphatic heterocycles. The van der Waals surface area contributed by atoms with Crippen LogP contribution in [0.15, 0.2) is 30.3 Å². The Bertz CT molecular complexity index is 1280. The highest BCUT2D eigenvalue weighted by atomic mass is 35.5. The molecule has 15 heteroatoms. The molecule has 0 spiro atoms. The van der Waals surface area contributed by atoms with Crippen molar-refractivity contribution in [1.82, 2.24) is 0 Å². The molecule has 3 rings (SSSR count). The van der Waals surface area contributed by atoms with E-state index in [0.717, 1.165) is 24.3 Å². The Morgan fingerprint density at radius 1 is 1.06 bits per heavy atom. The lowest BCUT2D eigenvalue weighted by Crippen LogP contribution is -2.46. The van der Waals surface area contributed by atoms with Crippen LogP contribution >= 0.6 is 34.8 Å². The van der Waals surface area contributed by atoms with Gasteiger partial charge in [0.2, 0.25) is 5.60 Å². The van der Waals surface area contributed by atoms with Gasteiger partial charge in [-0.05, 0) is 41.8 Å². The smallest absolute Gasteiger partial charge is 0.300 e. The van der Waals surface area contributed by atoms with Gasteiger partial charge in [0.15, 0.2) is 0 Å². The number of hydrogen-bond donors (Lipinski definition) is 0. The molecule has 1 fully saturated rings. The van der Waals surface area contributed by atoms with Crippen molar-refractivity contribution in [2.45, 2.75) is 44.1 Å². The summed E-state index contributed by atoms with van der Waals surface area (Å²) in [6.45, 7) is 0.0837. The lowest BCUT2D eigenvalue weighted by Gasteiger charge is -2.29. The van der Waals surface area contributed by atoms with Crippen molar-refractivity contribution in [3.05, 3.63) is 62.1 Å². The van der Waals surface area contributed by atoms with Crippen LogP contribution < -0.4 is 4.31 Å². The zero-order chi connectivity index (χ0) is 27.3. The number of rotatable bonds is 6. The van der Waals surface area contributed by atoms with E-state index in [9.17, 15) is 39.6 Å². The van der Waals surface area contributed by atoms with Crippen molar-refractivity contribution < 1.29 is 43.7 Å². The SMILES string of the molecule is CCC(=O)CCc1ccc(N2CC(c3cc(Cl)c(Cl)c(Cl)c3)(C(F)(F)F)OS2(=O)=O)cc1C(F)(F)F. The molecule has 2 aromatic carbocycles. The predicted molar refractivity (Wildman–Crippen MR) is 122 cm³/mol. The van der Waals surface area contributed by atoms with Gasteiger partial charge < -0.3 is 0 Å². The summed E-state index contributed by atoms with van der Waals surface area (Å²) in [5.41, 5.74) is -6.68. The molecule has 5 nitrogen and oxygen atoms in total. The van der Waals surface area contributed by atoms with E-state index in [1.807, 2.05) is 0 Å². The summed E-state index contributed by atoms with van der Waals surface area (Å²) in [7, 11) is -5.25. The quantitative estimate of drug-likeness (QED) is 0.263. The van der Waals surface area contributed by atoms with E-state index < -0.39 is 61.7 Å². The molecule has 0 saturated carbocycles. The molecule has 0 N–H and O–H groups in total. The lowest BCUT2D eigenvalue weighted by molar-refractivity contribution is -0.243. The summed E-state index contributed by atoms with van der Waals surface area (Å²) in [6, 6.07) is 3.67. The first-order chi connectivity index (χ1) is 16.4. The molecule has 0 aliphatic carbocycles. The van der Waals surface area contributed by atoms with Gasteiger partial charge in [-0.1, -0.05) is 47.8 Å². The molecule has 36 heavy (non-hydrogen) atoms. The maximum absolute atomic E-state index is 14.3. The van der Waals surface area contributed by atoms with Crippen LogP contribution in [0, 0.1) is 0 Å². The summed E-state index contributed by atoms with van der Waals surface area (Å²) >= 11 is 17.5. The number of carbonyl (C=O) groups excluding carboxylic acids is 1. The molecular formula is C21H16Cl3F6NO4S. The van der Waals surface area contributed by atoms with E-state index in [1.54, 1.807) is 6.92 Å². The molecule has 1 atom stereocenters. The molecule has 1 saturated heterocycles. The average molecular weight is 599 g/mol. The maximum Gasteiger partial charge on any atom is 0.425 e. The Hall–Kier alpha value is -1.73. The fraction of sp³-hybridized carbons (Fsp3) is 0.381. The van der Waals surface area contributed by atoms with Crippen molar-refractivity contribution >= 4 is 56.6 Å². The summed E-state index contributed by atoms with van der Waals surface area (Å²) in [6.07, 6.45) is -10.7. The van der Waals surface area contributed by atoms with E-state index in [1.165, 1.54) is 0 Å². The summed E-state index contributed by atoms with van der Waals surface area (Å²) in [5.74, 6) is -0.294. The van der Waals surface area contributed by atoms with E-state index in [4.69, 9.17) is 34.8 Å². The Morgan fingerprint density at radius 2 is 1.64 bits per heavy atom. The summed E-state index contributed by atoms with van der Waals surface area (Å²) in [5, 5.41) is -1.13. The van der Waals surface area contributed by atoms with Crippen LogP contribution in [0.1, 0.15) is 36.5 Å². The van der Waals surface area contributed by atoms with Crippen LogP contribution in [0.4, 0.5) is 32.0 Å². The van der Waals surface area contributed by atoms with Gasteiger partial charge in [0, 0.05) is 12.8 Å². The fourth-order valence-electron chi connectivity index (χ4n) is 3.63. The van der Waals surface area contributed by atoms with Crippen LogP contribution in [-0.4, -0.2) is 26.9 Å². The van der Waals surface area contributed by atoms with Crippen molar-refractivity contribution in [2.75, 3.05) is 10.8 Å². The van der Waals surface area contributed by atoms with E-state index in [0.29, 0.717) is 6.07 Å². The van der Waals surface area contributed by atoms with E-state index in [2.05, 4.69) is 4.18 Å². The third-order valence-electron chi connectivity index (χ3n) is 5.55. The van der Waals surface area contributed by atoms with Crippen molar-refractivity contribution in [3.8, 4) is 0 Å². The highest BCUT2D eigenvalue weighted by Gasteiger charge is 2.66. The monoisotopic (exact) mass is 597 g/mol. The molecule has 0 amide bonds. The van der Waals surface area contributed by atoms with E-state index >= 15 is 0 Å². The van der Waals surface area contributed by atoms with Crippen molar-refractivity contribution in [2.24, 2.45) is 0 Å². The van der Waals surface area contributed by atoms with Crippen LogP contribution in [0.2, 0.25) is 15.1 Å². The molecule has 1 heterocycles. The maximum atomic E-state index is 14.3. The number of benzene rings is 2. The number of anilines is 1. The van der Waals surface area contributed by atoms with Crippen LogP contribution in [0.25, 0.3) is 0 Å². The molecule has 0 radical (unpaired) electrons. The number of ketones is 1. The molecule has 2 aromatic rings. The summed E-state index contributed by atoms with van der Waals surface area (Å²) < 4.78 is 114. The number of nitrogens with zero attached hydrogens (tertiary/aromatic N) is 1. The van der Waals surface area contributed by atoms with Crippen LogP contribution in [-0.2, 0) is 37.5 Å². The second-order valence-electron chi connectivity index (χ2n) is 7.86. The molecule has 0 bridgehead atoms. The minimum absolute atomic E-state index is 0.0765. The van der Waals surface area contributed by atoms with E-state index in [-0.39, 0.29) is 39.9 Å². The Morgan fingerprint density at radius 3 is 2.14 bits per heavy atom. The first-order valence-electron chi connectivity index (χ1n) is 10.1. The zero-order valence-corrected chi connectivity index (χ0v) is 21.2. The fourth-order valence-corrected chi connectivity index (χ4v) is 5.63. The number of alkyl halides is 6. The first-order valence-corrected chi connectivity index (χ1v) is 12.6. The minimum Gasteiger partial charge on any atom is -0.300 e. The van der Waals surface area contributed by atoms with Gasteiger partial charge in [0.25, 0.3) is 0 Å². The second kappa shape index (κ2) is 9.86. The Labute approximate surface area is 217 Å². The average Bonchev–Trinajstić information content (AvgIpc) is 3.07. The third-order valence-corrected chi connectivity index (χ3v) is 8.12. The zero-order valence-electron chi connectivity index (χ0n) is 18.1. The van der Waals surface area contributed by atoms with Gasteiger partial charge in [-0.2, -0.15) is 34.8 Å². The van der Waals surface area contributed by atoms with Crippen LogP contribution in [0.5, 0.6) is 0 Å². The number of carbonyl (C=O) groups is 1. The first kappa shape index (κ1) is 28.8. The standard InChI is InChI=1S/C21H16Cl3F6NO4S/c1-2-14(32)6-4-11-3-5-13(9-15(11)20(25,26)27)31-10-19(21(28,29)30,35-36(31,33)34)12-7-16(22)18(24)17(23)8-12/h3,5,7-9H,2,4,6,10H2,1H3. The van der Waals surface area contributed by atoms with Crippen molar-refractivity contribution in [3.63, 3.8) is 0 Å². The minimum atomic E-state index is -5.37. The Balaban J connectivity index is 2.13. The summed E-state index contributed by atoms with van der Waals surface area (Å²) in [4.78, 5) is 11.6. The second-order valence-corrected chi connectivity index (χ2v) is 10.5. The highest BCUT2D eigenvalue weighted by molar-refractivity contribution is 7.88. The molecule has 1 unspecified atom stereocenters. The van der Waals surface area contributed by atoms with Gasteiger partial charge >= 0.3 is 22.7 Å². The number of Topliss-reactive ketones (excluding diaryl/α,β-unsaturated/α-hetero) is 1. The Kier molecular flexibility index (Phi) is 7.90. The van der Waals surface area contributed by atoms with Crippen molar-refractivity contribution in [1.29, 1.82) is 0 Å². The van der Waals surface area contributed by atoms with Gasteiger partial charge in [-0.15, -0.1) is 0 Å². The topological polar surface area (TPSA) is 63.7 Å². The van der Waals surface area contributed by atoms with Gasteiger partial charge in [0.1, 0.15) is 5.78 Å². The number of hydrogen-bond acceptors (Lipinski definition) is 4. The van der Waals surface area contributed by atoms with Gasteiger partial charge in [-0.3, -0.25) is 4.79 Å². The molecule has 1 aliphatic rings. The van der Waals surface area contributed by atoms with Gasteiger partial charge in [-0.25, -0.2) is 8.49 Å². The third kappa shape index (κ3) is 5.42. The molecular weight excluding hydrogens is 583 g/mol. The molecule has 198 valence electrons. The largest absolute Gasteiger partial charge is 0.425 e. The normalized spacial score (nSPS) is 20.1. The van der Waals surface area contributed by atoms with Gasteiger partial charge in [0.05, 0.1) is 32.9 Å².